The Bertz CT molecular complexity index is 803. The van der Waals surface area contributed by atoms with Crippen LogP contribution in [0.1, 0.15) is 36.8 Å². The Kier molecular flexibility index (Phi) is 6.67. The number of amides is 2. The fourth-order valence-corrected chi connectivity index (χ4v) is 4.21. The largest absolute Gasteiger partial charge is 0.494 e. The van der Waals surface area contributed by atoms with Gasteiger partial charge in [0.2, 0.25) is 0 Å². The second-order valence-corrected chi connectivity index (χ2v) is 7.94. The van der Waals surface area contributed by atoms with Crippen LogP contribution in [0.3, 0.4) is 0 Å². The summed E-state index contributed by atoms with van der Waals surface area (Å²) in [6.07, 6.45) is 5.98. The van der Waals surface area contributed by atoms with E-state index in [2.05, 4.69) is 16.3 Å². The van der Waals surface area contributed by atoms with Gasteiger partial charge in [0.05, 0.1) is 6.61 Å². The molecule has 5 nitrogen and oxygen atoms in total. The lowest BCUT2D eigenvalue weighted by atomic mass is 10.1. The SMILES string of the molecule is O=C(NCc1ccccc1)N1CCc2cc(OCCCN3CCCCC3)ccc21. The van der Waals surface area contributed by atoms with Gasteiger partial charge in [-0.1, -0.05) is 36.8 Å². The molecule has 0 saturated carbocycles. The Balaban J connectivity index is 1.25. The number of carbonyl (C=O) groups is 1. The number of carbonyl (C=O) groups excluding carboxylic acids is 1. The van der Waals surface area contributed by atoms with Crippen molar-refractivity contribution in [2.75, 3.05) is 37.7 Å². The normalized spacial score (nSPS) is 16.5. The number of hydrogen-bond acceptors (Lipinski definition) is 3. The van der Waals surface area contributed by atoms with Crippen molar-refractivity contribution in [1.82, 2.24) is 10.2 Å². The molecule has 0 atom stereocenters. The number of urea groups is 1. The molecule has 1 N–H and O–H groups in total. The van der Waals surface area contributed by atoms with Crippen LogP contribution in [0.2, 0.25) is 0 Å². The Labute approximate surface area is 173 Å². The molecule has 0 aliphatic carbocycles. The number of benzene rings is 2. The van der Waals surface area contributed by atoms with Crippen molar-refractivity contribution in [3.63, 3.8) is 0 Å². The summed E-state index contributed by atoms with van der Waals surface area (Å²) in [5, 5.41) is 3.02. The van der Waals surface area contributed by atoms with E-state index < -0.39 is 0 Å². The molecule has 1 saturated heterocycles. The highest BCUT2D eigenvalue weighted by Crippen LogP contribution is 2.31. The molecule has 2 heterocycles. The number of piperidine rings is 1. The molecule has 29 heavy (non-hydrogen) atoms. The first kappa shape index (κ1) is 19.8. The number of nitrogens with one attached hydrogen (secondary N) is 1. The van der Waals surface area contributed by atoms with Crippen molar-refractivity contribution < 1.29 is 9.53 Å². The van der Waals surface area contributed by atoms with Crippen molar-refractivity contribution in [2.45, 2.75) is 38.6 Å². The van der Waals surface area contributed by atoms with Gasteiger partial charge in [-0.05, 0) is 68.1 Å². The summed E-state index contributed by atoms with van der Waals surface area (Å²) in [7, 11) is 0. The highest BCUT2D eigenvalue weighted by Gasteiger charge is 2.24. The Morgan fingerprint density at radius 1 is 1.00 bits per heavy atom. The second-order valence-electron chi connectivity index (χ2n) is 7.94. The van der Waals surface area contributed by atoms with E-state index in [1.807, 2.05) is 47.4 Å². The van der Waals surface area contributed by atoms with Gasteiger partial charge in [0.15, 0.2) is 0 Å². The molecule has 2 amide bonds. The van der Waals surface area contributed by atoms with E-state index in [0.717, 1.165) is 43.0 Å². The van der Waals surface area contributed by atoms with Gasteiger partial charge in [0.25, 0.3) is 0 Å². The number of rotatable bonds is 7. The van der Waals surface area contributed by atoms with E-state index in [4.69, 9.17) is 4.74 Å². The van der Waals surface area contributed by atoms with Gasteiger partial charge in [-0.25, -0.2) is 4.79 Å². The number of likely N-dealkylation sites (tertiary alicyclic amines) is 1. The minimum atomic E-state index is -0.0391. The molecule has 0 aromatic heterocycles. The zero-order chi connectivity index (χ0) is 19.9. The molecule has 2 aliphatic rings. The van der Waals surface area contributed by atoms with E-state index in [1.165, 1.54) is 37.9 Å². The molecule has 0 bridgehead atoms. The average molecular weight is 394 g/mol. The van der Waals surface area contributed by atoms with Gasteiger partial charge in [-0.15, -0.1) is 0 Å². The van der Waals surface area contributed by atoms with Crippen molar-refractivity contribution in [1.29, 1.82) is 0 Å². The molecule has 2 aromatic rings. The lowest BCUT2D eigenvalue weighted by molar-refractivity contribution is 0.205. The van der Waals surface area contributed by atoms with Crippen LogP contribution < -0.4 is 15.0 Å². The van der Waals surface area contributed by atoms with E-state index in [9.17, 15) is 4.79 Å². The summed E-state index contributed by atoms with van der Waals surface area (Å²) in [5.74, 6) is 0.911. The first-order chi connectivity index (χ1) is 14.3. The average Bonchev–Trinajstić information content (AvgIpc) is 3.20. The molecule has 5 heteroatoms. The van der Waals surface area contributed by atoms with Crippen LogP contribution in [0, 0.1) is 0 Å². The predicted octanol–water partition coefficient (Wildman–Crippen LogP) is 4.21. The zero-order valence-corrected chi connectivity index (χ0v) is 17.1. The topological polar surface area (TPSA) is 44.8 Å². The van der Waals surface area contributed by atoms with E-state index in [-0.39, 0.29) is 6.03 Å². The first-order valence-corrected chi connectivity index (χ1v) is 10.9. The van der Waals surface area contributed by atoms with Crippen LogP contribution in [-0.4, -0.2) is 43.7 Å². The summed E-state index contributed by atoms with van der Waals surface area (Å²) in [5.41, 5.74) is 3.29. The smallest absolute Gasteiger partial charge is 0.322 e. The molecule has 2 aromatic carbocycles. The van der Waals surface area contributed by atoms with Gasteiger partial charge in [0.1, 0.15) is 5.75 Å². The fourth-order valence-electron chi connectivity index (χ4n) is 4.21. The van der Waals surface area contributed by atoms with E-state index >= 15 is 0 Å². The van der Waals surface area contributed by atoms with Gasteiger partial charge < -0.3 is 15.0 Å². The highest BCUT2D eigenvalue weighted by atomic mass is 16.5. The number of hydrogen-bond donors (Lipinski definition) is 1. The lowest BCUT2D eigenvalue weighted by Crippen LogP contribution is -2.38. The second kappa shape index (κ2) is 9.79. The molecular weight excluding hydrogens is 362 g/mol. The van der Waals surface area contributed by atoms with Crippen molar-refractivity contribution >= 4 is 11.7 Å². The van der Waals surface area contributed by atoms with Crippen molar-refractivity contribution in [3.8, 4) is 5.75 Å². The Morgan fingerprint density at radius 2 is 1.83 bits per heavy atom. The molecule has 1 fully saturated rings. The lowest BCUT2D eigenvalue weighted by Gasteiger charge is -2.26. The summed E-state index contributed by atoms with van der Waals surface area (Å²) in [6, 6.07) is 16.1. The molecule has 0 spiro atoms. The molecule has 154 valence electrons. The van der Waals surface area contributed by atoms with Crippen molar-refractivity contribution in [3.05, 3.63) is 59.7 Å². The van der Waals surface area contributed by atoms with Gasteiger partial charge in [-0.3, -0.25) is 4.90 Å². The third-order valence-electron chi connectivity index (χ3n) is 5.81. The van der Waals surface area contributed by atoms with Crippen LogP contribution in [0.5, 0.6) is 5.75 Å². The van der Waals surface area contributed by atoms with E-state index in [0.29, 0.717) is 13.1 Å². The summed E-state index contributed by atoms with van der Waals surface area (Å²) < 4.78 is 5.98. The zero-order valence-electron chi connectivity index (χ0n) is 17.1. The third kappa shape index (κ3) is 5.30. The van der Waals surface area contributed by atoms with Crippen LogP contribution in [0.15, 0.2) is 48.5 Å². The third-order valence-corrected chi connectivity index (χ3v) is 5.81. The van der Waals surface area contributed by atoms with Gasteiger partial charge >= 0.3 is 6.03 Å². The van der Waals surface area contributed by atoms with Crippen LogP contribution in [-0.2, 0) is 13.0 Å². The molecular formula is C24H31N3O2. The molecule has 0 radical (unpaired) electrons. The predicted molar refractivity (Wildman–Crippen MR) is 117 cm³/mol. The molecule has 4 rings (SSSR count). The number of ether oxygens (including phenoxy) is 1. The maximum Gasteiger partial charge on any atom is 0.322 e. The minimum absolute atomic E-state index is 0.0391. The number of nitrogens with zero attached hydrogens (tertiary/aromatic N) is 2. The standard InChI is InChI=1S/C24H31N3O2/c28-24(25-19-20-8-3-1-4-9-20)27-16-12-21-18-22(10-11-23(21)27)29-17-7-15-26-13-5-2-6-14-26/h1,3-4,8-11,18H,2,5-7,12-17,19H2,(H,25,28). The van der Waals surface area contributed by atoms with E-state index in [1.54, 1.807) is 0 Å². The summed E-state index contributed by atoms with van der Waals surface area (Å²) >= 11 is 0. The highest BCUT2D eigenvalue weighted by molar-refractivity contribution is 5.94. The maximum atomic E-state index is 12.6. The quantitative estimate of drug-likeness (QED) is 0.717. The fraction of sp³-hybridized carbons (Fsp3) is 0.458. The summed E-state index contributed by atoms with van der Waals surface area (Å²) in [6.45, 7) is 5.61. The first-order valence-electron chi connectivity index (χ1n) is 10.9. The minimum Gasteiger partial charge on any atom is -0.494 e. The number of fused-ring (bicyclic) bond motifs is 1. The van der Waals surface area contributed by atoms with Gasteiger partial charge in [-0.2, -0.15) is 0 Å². The van der Waals surface area contributed by atoms with Crippen LogP contribution >= 0.6 is 0 Å². The van der Waals surface area contributed by atoms with Crippen LogP contribution in [0.4, 0.5) is 10.5 Å². The summed E-state index contributed by atoms with van der Waals surface area (Å²) in [4.78, 5) is 17.0. The molecule has 2 aliphatic heterocycles. The Hall–Kier alpha value is -2.53. The maximum absolute atomic E-state index is 12.6. The van der Waals surface area contributed by atoms with Gasteiger partial charge in [0, 0.05) is 25.3 Å². The molecule has 0 unspecified atom stereocenters. The Morgan fingerprint density at radius 3 is 2.66 bits per heavy atom. The van der Waals surface area contributed by atoms with Crippen molar-refractivity contribution in [2.24, 2.45) is 0 Å². The number of anilines is 1. The monoisotopic (exact) mass is 393 g/mol. The van der Waals surface area contributed by atoms with Crippen LogP contribution in [0.25, 0.3) is 0 Å².